The van der Waals surface area contributed by atoms with Gasteiger partial charge in [0.05, 0.1) is 12.6 Å². The van der Waals surface area contributed by atoms with Crippen LogP contribution >= 0.6 is 0 Å². The van der Waals surface area contributed by atoms with Gasteiger partial charge in [0.15, 0.2) is 0 Å². The van der Waals surface area contributed by atoms with Gasteiger partial charge in [0, 0.05) is 6.42 Å². The summed E-state index contributed by atoms with van der Waals surface area (Å²) in [6, 6.07) is 8.70. The van der Waals surface area contributed by atoms with E-state index in [9.17, 15) is 9.59 Å². The first-order chi connectivity index (χ1) is 11.3. The summed E-state index contributed by atoms with van der Waals surface area (Å²) in [6.45, 7) is 6.22. The lowest BCUT2D eigenvalue weighted by molar-refractivity contribution is -0.148. The first-order valence-corrected chi connectivity index (χ1v) is 8.52. The lowest BCUT2D eigenvalue weighted by Crippen LogP contribution is -2.51. The van der Waals surface area contributed by atoms with E-state index in [0.717, 1.165) is 12.0 Å². The molecule has 134 valence electrons. The molecule has 0 unspecified atom stereocenters. The Hall–Kier alpha value is -1.88. The summed E-state index contributed by atoms with van der Waals surface area (Å²) in [5, 5.41) is 2.88. The maximum atomic E-state index is 12.7. The number of hydrogen-bond acceptors (Lipinski definition) is 4. The molecular weight excluding hydrogens is 304 g/mol. The van der Waals surface area contributed by atoms with E-state index in [0.29, 0.717) is 18.9 Å². The molecule has 0 radical (unpaired) electrons. The van der Waals surface area contributed by atoms with Crippen LogP contribution < -0.4 is 5.32 Å². The summed E-state index contributed by atoms with van der Waals surface area (Å²) in [6.07, 6.45) is 1.16. The Kier molecular flexibility index (Phi) is 8.47. The maximum absolute atomic E-state index is 12.7. The molecular formula is C19H30N2O3. The molecule has 1 N–H and O–H groups in total. The van der Waals surface area contributed by atoms with Crippen LogP contribution in [-0.2, 0) is 20.7 Å². The van der Waals surface area contributed by atoms with Crippen LogP contribution in [0.3, 0.4) is 0 Å². The number of nitrogens with one attached hydrogen (secondary N) is 1. The predicted octanol–water partition coefficient (Wildman–Crippen LogP) is 2.25. The van der Waals surface area contributed by atoms with Crippen LogP contribution in [0.15, 0.2) is 30.3 Å². The number of amides is 1. The van der Waals surface area contributed by atoms with Crippen molar-refractivity contribution < 1.29 is 14.3 Å². The second-order valence-corrected chi connectivity index (χ2v) is 6.61. The minimum Gasteiger partial charge on any atom is -0.464 e. The zero-order valence-electron chi connectivity index (χ0n) is 15.4. The van der Waals surface area contributed by atoms with Crippen molar-refractivity contribution in [3.8, 4) is 0 Å². The van der Waals surface area contributed by atoms with Gasteiger partial charge in [0.25, 0.3) is 0 Å². The van der Waals surface area contributed by atoms with E-state index in [2.05, 4.69) is 19.2 Å². The summed E-state index contributed by atoms with van der Waals surface area (Å²) in [4.78, 5) is 26.8. The van der Waals surface area contributed by atoms with Crippen LogP contribution in [-0.4, -0.2) is 49.6 Å². The van der Waals surface area contributed by atoms with Gasteiger partial charge in [-0.2, -0.15) is 0 Å². The molecule has 24 heavy (non-hydrogen) atoms. The standard InChI is InChI=1S/C19H30N2O3/c1-6-24-19(23)16(13-15-10-8-7-9-11-15)20-18(22)17(21(4)5)12-14(2)3/h7-11,14,16-17H,6,12-13H2,1-5H3,(H,20,22)/t16-,17-/m0/s1. The van der Waals surface area contributed by atoms with Gasteiger partial charge in [-0.1, -0.05) is 44.2 Å². The lowest BCUT2D eigenvalue weighted by Gasteiger charge is -2.27. The highest BCUT2D eigenvalue weighted by Gasteiger charge is 2.28. The van der Waals surface area contributed by atoms with Crippen LogP contribution in [0, 0.1) is 5.92 Å². The average molecular weight is 334 g/mol. The monoisotopic (exact) mass is 334 g/mol. The third-order valence-corrected chi connectivity index (χ3v) is 3.79. The molecule has 1 rings (SSSR count). The number of likely N-dealkylation sites (N-methyl/N-ethyl adjacent to an activating group) is 1. The topological polar surface area (TPSA) is 58.6 Å². The van der Waals surface area contributed by atoms with E-state index in [4.69, 9.17) is 4.74 Å². The normalized spacial score (nSPS) is 13.6. The number of carbonyl (C=O) groups excluding carboxylic acids is 2. The molecule has 0 bridgehead atoms. The third-order valence-electron chi connectivity index (χ3n) is 3.79. The molecule has 2 atom stereocenters. The highest BCUT2D eigenvalue weighted by Crippen LogP contribution is 2.11. The first kappa shape index (κ1) is 20.2. The van der Waals surface area contributed by atoms with Gasteiger partial charge >= 0.3 is 5.97 Å². The molecule has 0 aromatic heterocycles. The Morgan fingerprint density at radius 1 is 1.17 bits per heavy atom. The number of carbonyl (C=O) groups is 2. The predicted molar refractivity (Wildman–Crippen MR) is 95.6 cm³/mol. The van der Waals surface area contributed by atoms with Crippen LogP contribution in [0.4, 0.5) is 0 Å². The SMILES string of the molecule is CCOC(=O)[C@H](Cc1ccccc1)NC(=O)[C@H](CC(C)C)N(C)C. The molecule has 1 aromatic rings. The van der Waals surface area contributed by atoms with E-state index >= 15 is 0 Å². The fourth-order valence-electron chi connectivity index (χ4n) is 2.55. The molecule has 1 aromatic carbocycles. The highest BCUT2D eigenvalue weighted by atomic mass is 16.5. The first-order valence-electron chi connectivity index (χ1n) is 8.52. The molecule has 0 saturated carbocycles. The molecule has 5 nitrogen and oxygen atoms in total. The summed E-state index contributed by atoms with van der Waals surface area (Å²) in [5.74, 6) is -0.141. The van der Waals surface area contributed by atoms with Crippen molar-refractivity contribution in [1.82, 2.24) is 10.2 Å². The van der Waals surface area contributed by atoms with Crippen molar-refractivity contribution in [2.45, 2.75) is 45.7 Å². The molecule has 0 fully saturated rings. The van der Waals surface area contributed by atoms with Crippen LogP contribution in [0.5, 0.6) is 0 Å². The van der Waals surface area contributed by atoms with Gasteiger partial charge in [0.1, 0.15) is 6.04 Å². The number of esters is 1. The van der Waals surface area contributed by atoms with Gasteiger partial charge in [-0.25, -0.2) is 4.79 Å². The van der Waals surface area contributed by atoms with Crippen molar-refractivity contribution in [3.63, 3.8) is 0 Å². The lowest BCUT2D eigenvalue weighted by atomic mass is 10.0. The fourth-order valence-corrected chi connectivity index (χ4v) is 2.55. The Morgan fingerprint density at radius 3 is 2.29 bits per heavy atom. The maximum Gasteiger partial charge on any atom is 0.328 e. The van der Waals surface area contributed by atoms with Gasteiger partial charge in [0.2, 0.25) is 5.91 Å². The van der Waals surface area contributed by atoms with Gasteiger partial charge < -0.3 is 10.1 Å². The molecule has 0 heterocycles. The third kappa shape index (κ3) is 6.71. The number of ether oxygens (including phenoxy) is 1. The van der Waals surface area contributed by atoms with Crippen molar-refractivity contribution in [2.24, 2.45) is 5.92 Å². The Bertz CT molecular complexity index is 515. The minimum atomic E-state index is -0.672. The second-order valence-electron chi connectivity index (χ2n) is 6.61. The zero-order valence-corrected chi connectivity index (χ0v) is 15.4. The molecule has 0 aliphatic rings. The van der Waals surface area contributed by atoms with Gasteiger partial charge in [-0.15, -0.1) is 0 Å². The molecule has 1 amide bonds. The van der Waals surface area contributed by atoms with Crippen molar-refractivity contribution >= 4 is 11.9 Å². The highest BCUT2D eigenvalue weighted by molar-refractivity contribution is 5.87. The summed E-state index contributed by atoms with van der Waals surface area (Å²) >= 11 is 0. The van der Waals surface area contributed by atoms with Crippen LogP contribution in [0.25, 0.3) is 0 Å². The Morgan fingerprint density at radius 2 is 1.79 bits per heavy atom. The second kappa shape index (κ2) is 10.1. The largest absolute Gasteiger partial charge is 0.464 e. The smallest absolute Gasteiger partial charge is 0.328 e. The van der Waals surface area contributed by atoms with Crippen molar-refractivity contribution in [2.75, 3.05) is 20.7 Å². The van der Waals surface area contributed by atoms with E-state index in [-0.39, 0.29) is 11.9 Å². The van der Waals surface area contributed by atoms with E-state index in [1.54, 1.807) is 6.92 Å². The zero-order chi connectivity index (χ0) is 18.1. The van der Waals surface area contributed by atoms with E-state index in [1.807, 2.05) is 49.3 Å². The molecule has 0 saturated heterocycles. The summed E-state index contributed by atoms with van der Waals surface area (Å²) in [5.41, 5.74) is 0.987. The number of benzene rings is 1. The average Bonchev–Trinajstić information content (AvgIpc) is 2.52. The molecule has 0 aliphatic heterocycles. The van der Waals surface area contributed by atoms with Gasteiger partial charge in [-0.05, 0) is 38.9 Å². The molecule has 5 heteroatoms. The Labute approximate surface area is 145 Å². The molecule has 0 aliphatic carbocycles. The minimum absolute atomic E-state index is 0.136. The fraction of sp³-hybridized carbons (Fsp3) is 0.579. The Balaban J connectivity index is 2.86. The molecule has 0 spiro atoms. The quantitative estimate of drug-likeness (QED) is 0.704. The number of hydrogen-bond donors (Lipinski definition) is 1. The van der Waals surface area contributed by atoms with Crippen molar-refractivity contribution in [3.05, 3.63) is 35.9 Å². The summed E-state index contributed by atoms with van der Waals surface area (Å²) in [7, 11) is 3.76. The number of rotatable bonds is 9. The van der Waals surface area contributed by atoms with Crippen LogP contribution in [0.2, 0.25) is 0 Å². The summed E-state index contributed by atoms with van der Waals surface area (Å²) < 4.78 is 5.13. The van der Waals surface area contributed by atoms with E-state index in [1.165, 1.54) is 0 Å². The van der Waals surface area contributed by atoms with Gasteiger partial charge in [-0.3, -0.25) is 9.69 Å². The number of nitrogens with zero attached hydrogens (tertiary/aromatic N) is 1. The van der Waals surface area contributed by atoms with E-state index < -0.39 is 12.0 Å². The van der Waals surface area contributed by atoms with Crippen LogP contribution in [0.1, 0.15) is 32.8 Å². The van der Waals surface area contributed by atoms with Crippen molar-refractivity contribution in [1.29, 1.82) is 0 Å².